The van der Waals surface area contributed by atoms with Gasteiger partial charge >= 0.3 is 95.5 Å². The summed E-state index contributed by atoms with van der Waals surface area (Å²) in [6.45, 7) is 40.5. The van der Waals surface area contributed by atoms with Crippen molar-refractivity contribution in [2.75, 3.05) is 5.73 Å². The summed E-state index contributed by atoms with van der Waals surface area (Å²) in [5.41, 5.74) is 19.3. The fourth-order valence-electron chi connectivity index (χ4n) is 7.06. The van der Waals surface area contributed by atoms with Crippen molar-refractivity contribution in [1.29, 1.82) is 0 Å². The molecule has 0 radical (unpaired) electrons. The van der Waals surface area contributed by atoms with E-state index in [0.29, 0.717) is 23.5 Å². The van der Waals surface area contributed by atoms with E-state index in [1.807, 2.05) is 76.2 Å². The molecule has 3 N–H and O–H groups in total. The zero-order valence-corrected chi connectivity index (χ0v) is 64.1. The van der Waals surface area contributed by atoms with Gasteiger partial charge < -0.3 is 35.4 Å². The molecule has 21 nitrogen and oxygen atoms in total. The second kappa shape index (κ2) is 41.4. The van der Waals surface area contributed by atoms with Crippen molar-refractivity contribution in [3.8, 4) is 23.8 Å². The predicted molar refractivity (Wildman–Crippen MR) is 334 cm³/mol. The summed E-state index contributed by atoms with van der Waals surface area (Å²) >= 11 is 0. The largest absolute Gasteiger partial charge is 2.00 e. The molecule has 0 spiro atoms. The fourth-order valence-corrected chi connectivity index (χ4v) is 7.06. The van der Waals surface area contributed by atoms with Gasteiger partial charge in [-0.3, -0.25) is 19.9 Å². The number of nitrogens with one attached hydrogen (secondary N) is 1. The number of nitro groups is 1. The minimum Gasteiger partial charge on any atom is -0.396 e. The third-order valence-electron chi connectivity index (χ3n) is 11.5. The molecule has 0 aromatic carbocycles. The maximum atomic E-state index is 11.6. The Morgan fingerprint density at radius 1 is 0.476 bits per heavy atom. The Morgan fingerprint density at radius 3 is 0.940 bits per heavy atom. The Kier molecular flexibility index (Phi) is 45.5. The van der Waals surface area contributed by atoms with Crippen LogP contribution in [0.2, 0.25) is 0 Å². The molecule has 8 heterocycles. The van der Waals surface area contributed by atoms with Gasteiger partial charge in [0.1, 0.15) is 6.20 Å². The topological polar surface area (TPSA) is 264 Å². The van der Waals surface area contributed by atoms with Crippen molar-refractivity contribution in [3.63, 3.8) is 0 Å². The molecule has 8 aromatic heterocycles. The number of aromatic nitrogens is 16. The molecule has 466 valence electrons. The Bertz CT molecular complexity index is 2980. The first-order chi connectivity index (χ1) is 34.7. The van der Waals surface area contributed by atoms with Gasteiger partial charge in [0.15, 0.2) is 0 Å². The van der Waals surface area contributed by atoms with Crippen LogP contribution in [0.4, 0.5) is 11.4 Å². The third-order valence-corrected chi connectivity index (χ3v) is 11.5. The number of nitrogens with zero attached hydrogens (tertiary/aromatic N) is 16. The SMILES string of the molecule is C.C.CCC.Cc1c([C-](C)C)nn(-c2ncc(N)cn2)c1C.Cc1c([C-](C)C)nn(-c2ncc([N+](=O)[O-])c(=O)[nH]2)c1C.Cc1cnc(-n2nc([C-](C)C)c(C)c2C)nc1.Cc1cnc(-n2nc([C-](C)C)c(C)c2C)nc1.[2HH].[2HH].[2HH].[CH3-].[CH3-].[CH3-].[CH3-].[W+2].[W+2].[W+2].[W+2]. The summed E-state index contributed by atoms with van der Waals surface area (Å²) in [6, 6.07) is 0. The van der Waals surface area contributed by atoms with Crippen molar-refractivity contribution < 1.29 is 93.5 Å². The van der Waals surface area contributed by atoms with Crippen LogP contribution >= 0.6 is 0 Å². The average Bonchev–Trinajstić information content (AvgIpc) is 4.03. The van der Waals surface area contributed by atoms with Crippen molar-refractivity contribution in [2.45, 2.75) is 160 Å². The molecule has 8 aromatic rings. The number of hydrogen-bond acceptors (Lipinski definition) is 15. The van der Waals surface area contributed by atoms with Crippen LogP contribution in [0.5, 0.6) is 0 Å². The molecule has 8 rings (SSSR count). The first-order valence-electron chi connectivity index (χ1n) is 24.1. The van der Waals surface area contributed by atoms with Gasteiger partial charge in [-0.05, 0) is 75.4 Å². The number of H-pyrrole nitrogens is 1. The summed E-state index contributed by atoms with van der Waals surface area (Å²) in [4.78, 5) is 53.3. The Morgan fingerprint density at radius 2 is 0.714 bits per heavy atom. The van der Waals surface area contributed by atoms with Gasteiger partial charge in [0.2, 0.25) is 23.8 Å². The summed E-state index contributed by atoms with van der Waals surface area (Å²) in [7, 11) is 0. The number of aromatic amines is 1. The molecule has 0 saturated carbocycles. The Balaban J connectivity index is -0.000000107. The number of hydrogen-bond donors (Lipinski definition) is 2. The van der Waals surface area contributed by atoms with Gasteiger partial charge in [-0.25, -0.2) is 74.0 Å². The smallest absolute Gasteiger partial charge is 0.396 e. The molecular formula is C59H98N18O3W4. The van der Waals surface area contributed by atoms with E-state index in [0.717, 1.165) is 79.9 Å². The van der Waals surface area contributed by atoms with E-state index in [2.05, 4.69) is 123 Å². The van der Waals surface area contributed by atoms with E-state index < -0.39 is 16.2 Å². The Hall–Kier alpha value is -5.61. The second-order valence-corrected chi connectivity index (χ2v) is 18.7. The predicted octanol–water partition coefficient (Wildman–Crippen LogP) is 13.6. The maximum Gasteiger partial charge on any atom is 2.00 e. The van der Waals surface area contributed by atoms with Crippen molar-refractivity contribution in [3.05, 3.63) is 196 Å². The van der Waals surface area contributed by atoms with E-state index in [-0.39, 0.29) is 139 Å². The minimum absolute atomic E-state index is 0. The molecule has 25 heteroatoms. The molecule has 0 aliphatic carbocycles. The molecule has 0 aliphatic rings. The molecule has 0 atom stereocenters. The van der Waals surface area contributed by atoms with Crippen LogP contribution in [0.1, 0.15) is 174 Å². The molecule has 0 amide bonds. The molecule has 0 bridgehead atoms. The van der Waals surface area contributed by atoms with Crippen LogP contribution in [0, 0.1) is 133 Å². The summed E-state index contributed by atoms with van der Waals surface area (Å²) < 4.78 is 6.83. The summed E-state index contributed by atoms with van der Waals surface area (Å²) in [6.07, 6.45) is 12.6. The van der Waals surface area contributed by atoms with Crippen molar-refractivity contribution >= 4 is 11.4 Å². The standard InChI is InChI=1S/2C13H17N4.C12H14N5O3.C12H16N5.C3H8.2CH4.4CH3.4W.3H2/c2*1-8(2)12-10(4)11(5)17(16-12)13-14-6-9(3)7-15-13;1-6(2)10-7(3)8(4)16(15-10)12-13-5-9(17(19)20)11(18)14-12;1-7(2)11-8(3)9(4)17(16-11)12-14-5-10(13)6-15-12;1-3-2;;;;;;;;;;;;;/h2*6-7H,1-5H3;5H,1-4H3,(H,13,14,18);5-6H,13H2,1-4H3;3H2,1-2H3;2*1H4;4*1H3;;;;;3*1H/q4*-1;;;;4*-1;4*+2;;;/i;;;;;;;;;;;;;;;3*1+1. The van der Waals surface area contributed by atoms with Gasteiger partial charge in [-0.1, -0.05) is 57.9 Å². The van der Waals surface area contributed by atoms with E-state index >= 15 is 0 Å². The summed E-state index contributed by atoms with van der Waals surface area (Å²) in [5, 5.41) is 28.6. The molecular weight excluding hydrogens is 1740 g/mol. The molecule has 0 saturated heterocycles. The van der Waals surface area contributed by atoms with Crippen LogP contribution in [0.25, 0.3) is 23.8 Å². The number of rotatable bonds is 9. The zero-order chi connectivity index (χ0) is 55.5. The molecule has 0 unspecified atom stereocenters. The first kappa shape index (κ1) is 92.1. The Labute approximate surface area is 565 Å². The fraction of sp³-hybridized carbons (Fsp3) is 0.390. The zero-order valence-electron chi connectivity index (χ0n) is 52.3. The van der Waals surface area contributed by atoms with E-state index in [9.17, 15) is 14.9 Å². The van der Waals surface area contributed by atoms with Crippen molar-refractivity contribution in [1.82, 2.24) is 79.0 Å². The quantitative estimate of drug-likeness (QED) is 0.0773. The van der Waals surface area contributed by atoms with Crippen LogP contribution in [0.15, 0.2) is 48.2 Å². The average molecular weight is 1850 g/mol. The first-order valence-corrected chi connectivity index (χ1v) is 24.1. The van der Waals surface area contributed by atoms with Crippen LogP contribution in [-0.2, 0) is 84.3 Å². The molecule has 0 aliphatic heterocycles. The van der Waals surface area contributed by atoms with Crippen LogP contribution < -0.4 is 11.3 Å². The third kappa shape index (κ3) is 23.0. The number of nitrogen functional groups attached to an aromatic ring is 1. The number of anilines is 1. The van der Waals surface area contributed by atoms with Crippen LogP contribution in [-0.4, -0.2) is 83.9 Å². The molecule has 84 heavy (non-hydrogen) atoms. The maximum absolute atomic E-state index is 11.6. The monoisotopic (exact) mass is 1850 g/mol. The van der Waals surface area contributed by atoms with Gasteiger partial charge in [-0.15, -0.1) is 83.1 Å². The normalized spacial score (nSPS) is 9.19. The second-order valence-electron chi connectivity index (χ2n) is 18.7. The van der Waals surface area contributed by atoms with Gasteiger partial charge in [-0.2, -0.15) is 45.9 Å². The van der Waals surface area contributed by atoms with Gasteiger partial charge in [0, 0.05) is 29.1 Å². The van der Waals surface area contributed by atoms with Crippen LogP contribution in [0.3, 0.4) is 0 Å². The van der Waals surface area contributed by atoms with E-state index in [1.165, 1.54) is 40.0 Å². The number of nitrogens with two attached hydrogens (primary N) is 1. The van der Waals surface area contributed by atoms with E-state index in [1.54, 1.807) is 51.2 Å². The van der Waals surface area contributed by atoms with E-state index in [4.69, 9.17) is 5.73 Å². The minimum atomic E-state index is -0.800. The number of aryl methyl sites for hydroxylation is 2. The molecule has 0 fully saturated rings. The van der Waals surface area contributed by atoms with Gasteiger partial charge in [0.25, 0.3) is 0 Å². The summed E-state index contributed by atoms with van der Waals surface area (Å²) in [5.74, 6) is 6.59. The van der Waals surface area contributed by atoms with Crippen molar-refractivity contribution in [2.24, 2.45) is 0 Å². The van der Waals surface area contributed by atoms with Gasteiger partial charge in [0.05, 0.1) is 23.0 Å².